The molecule has 0 fully saturated rings. The molecule has 92 valence electrons. The van der Waals surface area contributed by atoms with Crippen molar-refractivity contribution in [1.82, 2.24) is 0 Å². The van der Waals surface area contributed by atoms with E-state index in [9.17, 15) is 0 Å². The number of unbranched alkanes of at least 4 members (excludes halogenated alkanes) is 2. The molecule has 0 aliphatic carbocycles. The number of benzene rings is 1. The molecule has 0 amide bonds. The van der Waals surface area contributed by atoms with E-state index in [2.05, 4.69) is 11.0 Å². The van der Waals surface area contributed by atoms with E-state index in [1.54, 1.807) is 12.1 Å². The molecule has 1 rings (SSSR count). The summed E-state index contributed by atoms with van der Waals surface area (Å²) in [6.45, 7) is 1.15. The van der Waals surface area contributed by atoms with Gasteiger partial charge in [0.1, 0.15) is 0 Å². The highest BCUT2D eigenvalue weighted by Gasteiger charge is 2.05. The van der Waals surface area contributed by atoms with Crippen LogP contribution >= 0.6 is 0 Å². The van der Waals surface area contributed by atoms with Gasteiger partial charge in [0.15, 0.2) is 0 Å². The Kier molecular flexibility index (Phi) is 5.31. The van der Waals surface area contributed by atoms with Crippen LogP contribution in [0.3, 0.4) is 0 Å². The van der Waals surface area contributed by atoms with E-state index in [1.165, 1.54) is 0 Å². The lowest BCUT2D eigenvalue weighted by molar-refractivity contribution is 0.283. The first-order valence-electron chi connectivity index (χ1n) is 5.80. The SMILES string of the molecule is CN(CCCCCO)c1ccc(C#N)cc1N. The van der Waals surface area contributed by atoms with Crippen molar-refractivity contribution in [2.45, 2.75) is 19.3 Å². The maximum absolute atomic E-state index is 8.75. The molecular weight excluding hydrogens is 214 g/mol. The molecule has 4 nitrogen and oxygen atoms in total. The summed E-state index contributed by atoms with van der Waals surface area (Å²) in [4.78, 5) is 2.08. The minimum absolute atomic E-state index is 0.253. The molecule has 1 aromatic rings. The Hall–Kier alpha value is -1.73. The molecule has 0 saturated heterocycles. The molecule has 3 N–H and O–H groups in total. The van der Waals surface area contributed by atoms with Crippen LogP contribution in [0, 0.1) is 11.3 Å². The van der Waals surface area contributed by atoms with E-state index in [0.717, 1.165) is 31.5 Å². The first-order valence-corrected chi connectivity index (χ1v) is 5.80. The molecule has 0 heterocycles. The lowest BCUT2D eigenvalue weighted by atomic mass is 10.1. The van der Waals surface area contributed by atoms with Gasteiger partial charge in [0.25, 0.3) is 0 Å². The second kappa shape index (κ2) is 6.77. The number of nitriles is 1. The molecule has 0 saturated carbocycles. The van der Waals surface area contributed by atoms with Crippen molar-refractivity contribution in [2.24, 2.45) is 0 Å². The van der Waals surface area contributed by atoms with Gasteiger partial charge in [-0.3, -0.25) is 0 Å². The Balaban J connectivity index is 2.57. The van der Waals surface area contributed by atoms with E-state index in [-0.39, 0.29) is 6.61 Å². The van der Waals surface area contributed by atoms with E-state index in [4.69, 9.17) is 16.1 Å². The number of hydrogen-bond acceptors (Lipinski definition) is 4. The minimum Gasteiger partial charge on any atom is -0.397 e. The van der Waals surface area contributed by atoms with Crippen LogP contribution in [0.25, 0.3) is 0 Å². The fraction of sp³-hybridized carbons (Fsp3) is 0.462. The quantitative estimate of drug-likeness (QED) is 0.580. The van der Waals surface area contributed by atoms with Crippen LogP contribution in [0.15, 0.2) is 18.2 Å². The van der Waals surface area contributed by atoms with Gasteiger partial charge in [-0.25, -0.2) is 0 Å². The number of nitrogens with zero attached hydrogens (tertiary/aromatic N) is 2. The second-order valence-corrected chi connectivity index (χ2v) is 4.09. The predicted octanol–water partition coefficient (Wildman–Crippen LogP) is 1.74. The Bertz CT molecular complexity index is 398. The third-order valence-corrected chi connectivity index (χ3v) is 2.72. The number of nitrogens with two attached hydrogens (primary N) is 1. The summed E-state index contributed by atoms with van der Waals surface area (Å²) in [5, 5.41) is 17.4. The second-order valence-electron chi connectivity index (χ2n) is 4.09. The van der Waals surface area contributed by atoms with Gasteiger partial charge in [0, 0.05) is 20.2 Å². The number of aliphatic hydroxyl groups excluding tert-OH is 1. The number of aliphatic hydroxyl groups is 1. The maximum atomic E-state index is 8.75. The van der Waals surface area contributed by atoms with Gasteiger partial charge < -0.3 is 15.7 Å². The van der Waals surface area contributed by atoms with Crippen molar-refractivity contribution in [3.05, 3.63) is 23.8 Å². The van der Waals surface area contributed by atoms with Crippen LogP contribution in [0.1, 0.15) is 24.8 Å². The zero-order chi connectivity index (χ0) is 12.7. The Labute approximate surface area is 102 Å². The first kappa shape index (κ1) is 13.3. The van der Waals surface area contributed by atoms with Crippen LogP contribution in [-0.2, 0) is 0 Å². The van der Waals surface area contributed by atoms with Gasteiger partial charge in [0.05, 0.1) is 23.0 Å². The van der Waals surface area contributed by atoms with Gasteiger partial charge >= 0.3 is 0 Å². The average molecular weight is 233 g/mol. The Morgan fingerprint density at radius 1 is 1.35 bits per heavy atom. The van der Waals surface area contributed by atoms with Gasteiger partial charge in [-0.2, -0.15) is 5.26 Å². The molecule has 1 aromatic carbocycles. The lowest BCUT2D eigenvalue weighted by Crippen LogP contribution is -2.19. The third kappa shape index (κ3) is 3.97. The van der Waals surface area contributed by atoms with Crippen LogP contribution in [-0.4, -0.2) is 25.3 Å². The van der Waals surface area contributed by atoms with Gasteiger partial charge in [-0.15, -0.1) is 0 Å². The molecule has 0 spiro atoms. The molecule has 0 atom stereocenters. The number of anilines is 2. The van der Waals surface area contributed by atoms with Crippen LogP contribution in [0.2, 0.25) is 0 Å². The average Bonchev–Trinajstić information content (AvgIpc) is 2.34. The normalized spacial score (nSPS) is 9.94. The Morgan fingerprint density at radius 3 is 2.71 bits per heavy atom. The molecule has 17 heavy (non-hydrogen) atoms. The van der Waals surface area contributed by atoms with Crippen LogP contribution in [0.5, 0.6) is 0 Å². The highest BCUT2D eigenvalue weighted by molar-refractivity contribution is 5.69. The van der Waals surface area contributed by atoms with Crippen molar-refractivity contribution >= 4 is 11.4 Å². The molecule has 0 aliphatic rings. The van der Waals surface area contributed by atoms with Crippen molar-refractivity contribution < 1.29 is 5.11 Å². The van der Waals surface area contributed by atoms with Gasteiger partial charge in [0.2, 0.25) is 0 Å². The highest BCUT2D eigenvalue weighted by Crippen LogP contribution is 2.23. The summed E-state index contributed by atoms with van der Waals surface area (Å²) in [5.41, 5.74) is 8.06. The fourth-order valence-corrected chi connectivity index (χ4v) is 1.73. The summed E-state index contributed by atoms with van der Waals surface area (Å²) < 4.78 is 0. The molecule has 0 aliphatic heterocycles. The predicted molar refractivity (Wildman–Crippen MR) is 69.8 cm³/mol. The fourth-order valence-electron chi connectivity index (χ4n) is 1.73. The molecule has 0 bridgehead atoms. The summed E-state index contributed by atoms with van der Waals surface area (Å²) in [7, 11) is 1.98. The zero-order valence-electron chi connectivity index (χ0n) is 10.2. The maximum Gasteiger partial charge on any atom is 0.0992 e. The lowest BCUT2D eigenvalue weighted by Gasteiger charge is -2.21. The molecule has 0 aromatic heterocycles. The van der Waals surface area contributed by atoms with Gasteiger partial charge in [-0.05, 0) is 37.5 Å². The number of hydrogen-bond donors (Lipinski definition) is 2. The Morgan fingerprint density at radius 2 is 2.12 bits per heavy atom. The minimum atomic E-state index is 0.253. The highest BCUT2D eigenvalue weighted by atomic mass is 16.2. The van der Waals surface area contributed by atoms with E-state index < -0.39 is 0 Å². The largest absolute Gasteiger partial charge is 0.397 e. The zero-order valence-corrected chi connectivity index (χ0v) is 10.2. The summed E-state index contributed by atoms with van der Waals surface area (Å²) in [6.07, 6.45) is 2.88. The van der Waals surface area contributed by atoms with E-state index >= 15 is 0 Å². The molecule has 0 radical (unpaired) electrons. The van der Waals surface area contributed by atoms with Crippen molar-refractivity contribution in [3.8, 4) is 6.07 Å². The summed E-state index contributed by atoms with van der Waals surface area (Å²) >= 11 is 0. The molecule has 4 heteroatoms. The van der Waals surface area contributed by atoms with Crippen LogP contribution < -0.4 is 10.6 Å². The van der Waals surface area contributed by atoms with E-state index in [1.807, 2.05) is 13.1 Å². The topological polar surface area (TPSA) is 73.3 Å². The van der Waals surface area contributed by atoms with Crippen molar-refractivity contribution in [3.63, 3.8) is 0 Å². The number of nitrogen functional groups attached to an aromatic ring is 1. The third-order valence-electron chi connectivity index (χ3n) is 2.72. The molecule has 0 unspecified atom stereocenters. The standard InChI is InChI=1S/C13H19N3O/c1-16(7-3-2-4-8-17)13-6-5-11(10-14)9-12(13)15/h5-6,9,17H,2-4,7-8,15H2,1H3. The monoisotopic (exact) mass is 233 g/mol. The van der Waals surface area contributed by atoms with E-state index in [0.29, 0.717) is 11.3 Å². The van der Waals surface area contributed by atoms with Crippen LogP contribution in [0.4, 0.5) is 11.4 Å². The summed E-state index contributed by atoms with van der Waals surface area (Å²) in [5.74, 6) is 0. The van der Waals surface area contributed by atoms with Crippen molar-refractivity contribution in [2.75, 3.05) is 30.8 Å². The summed E-state index contributed by atoms with van der Waals surface area (Å²) in [6, 6.07) is 7.41. The smallest absolute Gasteiger partial charge is 0.0992 e. The first-order chi connectivity index (χ1) is 8.19. The van der Waals surface area contributed by atoms with Crippen molar-refractivity contribution in [1.29, 1.82) is 5.26 Å². The number of rotatable bonds is 6. The van der Waals surface area contributed by atoms with Gasteiger partial charge in [-0.1, -0.05) is 0 Å². The molecular formula is C13H19N3O.